The summed E-state index contributed by atoms with van der Waals surface area (Å²) in [6.45, 7) is 3.80. The van der Waals surface area contributed by atoms with Crippen molar-refractivity contribution < 1.29 is 14.9 Å². The van der Waals surface area contributed by atoms with Crippen molar-refractivity contribution in [3.63, 3.8) is 0 Å². The van der Waals surface area contributed by atoms with Gasteiger partial charge in [-0.15, -0.1) is 0 Å². The molecule has 5 rings (SSSR count). The van der Waals surface area contributed by atoms with Gasteiger partial charge in [0, 0.05) is 42.9 Å². The van der Waals surface area contributed by atoms with E-state index in [2.05, 4.69) is 23.0 Å². The Kier molecular flexibility index (Phi) is 4.16. The van der Waals surface area contributed by atoms with E-state index in [1.807, 2.05) is 42.0 Å². The maximum Gasteiger partial charge on any atom is 0.140 e. The molecule has 6 heteroatoms. The highest BCUT2D eigenvalue weighted by Crippen LogP contribution is 2.38. The van der Waals surface area contributed by atoms with Gasteiger partial charge in [0.1, 0.15) is 29.7 Å². The van der Waals surface area contributed by atoms with Gasteiger partial charge in [-0.2, -0.15) is 0 Å². The first kappa shape index (κ1) is 17.7. The fourth-order valence-corrected chi connectivity index (χ4v) is 4.65. The van der Waals surface area contributed by atoms with Crippen LogP contribution in [0.1, 0.15) is 29.2 Å². The minimum atomic E-state index is -0.942. The van der Waals surface area contributed by atoms with Crippen LogP contribution in [0.25, 0.3) is 11.0 Å². The van der Waals surface area contributed by atoms with E-state index in [9.17, 15) is 10.2 Å². The third kappa shape index (κ3) is 2.71. The lowest BCUT2D eigenvalue weighted by molar-refractivity contribution is -0.0166. The Morgan fingerprint density at radius 2 is 1.96 bits per heavy atom. The third-order valence-corrected chi connectivity index (χ3v) is 6.17. The van der Waals surface area contributed by atoms with Crippen LogP contribution >= 0.6 is 0 Å². The molecule has 1 saturated carbocycles. The van der Waals surface area contributed by atoms with Crippen molar-refractivity contribution in [3.05, 3.63) is 59.4 Å². The molecule has 6 nitrogen and oxygen atoms in total. The summed E-state index contributed by atoms with van der Waals surface area (Å²) in [6, 6.07) is 9.80. The first-order valence-corrected chi connectivity index (χ1v) is 9.77. The number of aliphatic hydroxyl groups is 2. The molecule has 1 aliphatic heterocycles. The monoisotopic (exact) mass is 379 g/mol. The number of hydrogen-bond donors (Lipinski definition) is 2. The molecule has 3 aromatic rings. The Bertz CT molecular complexity index is 1030. The second kappa shape index (κ2) is 6.58. The molecule has 2 N–H and O–H groups in total. The summed E-state index contributed by atoms with van der Waals surface area (Å²) >= 11 is 0. The van der Waals surface area contributed by atoms with Crippen LogP contribution in [-0.2, 0) is 13.1 Å². The van der Waals surface area contributed by atoms with Crippen molar-refractivity contribution in [1.29, 1.82) is 0 Å². The van der Waals surface area contributed by atoms with Crippen molar-refractivity contribution in [1.82, 2.24) is 14.5 Å². The van der Waals surface area contributed by atoms with E-state index < -0.39 is 18.3 Å². The van der Waals surface area contributed by atoms with Crippen LogP contribution in [-0.4, -0.2) is 50.0 Å². The normalized spacial score (nSPS) is 27.4. The van der Waals surface area contributed by atoms with Crippen LogP contribution in [0.4, 0.5) is 0 Å². The van der Waals surface area contributed by atoms with E-state index in [1.54, 1.807) is 6.20 Å². The molecule has 0 bridgehead atoms. The Morgan fingerprint density at radius 1 is 1.11 bits per heavy atom. The molecule has 1 aromatic carbocycles. The molecule has 4 atom stereocenters. The quantitative estimate of drug-likeness (QED) is 0.731. The largest absolute Gasteiger partial charge is 0.487 e. The zero-order valence-electron chi connectivity index (χ0n) is 16.1. The molecule has 3 heterocycles. The lowest BCUT2D eigenvalue weighted by Gasteiger charge is -2.20. The Morgan fingerprint density at radius 3 is 2.82 bits per heavy atom. The summed E-state index contributed by atoms with van der Waals surface area (Å²) in [7, 11) is 2.08. The van der Waals surface area contributed by atoms with Crippen molar-refractivity contribution in [2.75, 3.05) is 7.05 Å². The van der Waals surface area contributed by atoms with E-state index in [-0.39, 0.29) is 6.04 Å². The van der Waals surface area contributed by atoms with Crippen molar-refractivity contribution in [3.8, 4) is 5.75 Å². The van der Waals surface area contributed by atoms with Gasteiger partial charge in [-0.1, -0.05) is 12.1 Å². The second-order valence-electron chi connectivity index (χ2n) is 8.09. The number of fused-ring (bicyclic) bond motifs is 2. The van der Waals surface area contributed by atoms with E-state index in [0.29, 0.717) is 6.42 Å². The predicted octanol–water partition coefficient (Wildman–Crippen LogP) is 2.40. The molecule has 0 amide bonds. The maximum atomic E-state index is 10.8. The summed E-state index contributed by atoms with van der Waals surface area (Å²) in [6.07, 6.45) is 1.96. The molecular formula is C22H25N3O3. The predicted molar refractivity (Wildman–Crippen MR) is 106 cm³/mol. The second-order valence-corrected chi connectivity index (χ2v) is 8.09. The molecule has 1 aliphatic carbocycles. The first-order valence-electron chi connectivity index (χ1n) is 9.77. The van der Waals surface area contributed by atoms with Crippen LogP contribution in [0.2, 0.25) is 0 Å². The molecule has 1 fully saturated rings. The summed E-state index contributed by atoms with van der Waals surface area (Å²) < 4.78 is 8.22. The fourth-order valence-electron chi connectivity index (χ4n) is 4.65. The van der Waals surface area contributed by atoms with E-state index in [1.165, 1.54) is 11.1 Å². The summed E-state index contributed by atoms with van der Waals surface area (Å²) in [5.74, 6) is 0.810. The third-order valence-electron chi connectivity index (χ3n) is 6.17. The van der Waals surface area contributed by atoms with Gasteiger partial charge in [-0.05, 0) is 43.3 Å². The molecule has 28 heavy (non-hydrogen) atoms. The molecule has 0 unspecified atom stereocenters. The SMILES string of the molecule is Cc1ccnc2c1ccn2[C@@H]1C[C@H](Oc2cccc3c2CN(C)C3)[C@@H](O)[C@H]1O. The van der Waals surface area contributed by atoms with Gasteiger partial charge in [-0.25, -0.2) is 4.98 Å². The van der Waals surface area contributed by atoms with Gasteiger partial charge in [0.25, 0.3) is 0 Å². The van der Waals surface area contributed by atoms with Gasteiger partial charge in [0.2, 0.25) is 0 Å². The summed E-state index contributed by atoms with van der Waals surface area (Å²) in [5.41, 5.74) is 4.42. The number of nitrogens with zero attached hydrogens (tertiary/aromatic N) is 3. The summed E-state index contributed by atoms with van der Waals surface area (Å²) in [5, 5.41) is 22.5. The van der Waals surface area contributed by atoms with Crippen LogP contribution in [0.15, 0.2) is 42.7 Å². The highest BCUT2D eigenvalue weighted by Gasteiger charge is 2.44. The number of aliphatic hydroxyl groups excluding tert-OH is 2. The molecule has 0 saturated heterocycles. The highest BCUT2D eigenvalue weighted by molar-refractivity contribution is 5.79. The Hall–Kier alpha value is -2.41. The zero-order valence-corrected chi connectivity index (χ0v) is 16.1. The molecular weight excluding hydrogens is 354 g/mol. The van der Waals surface area contributed by atoms with Crippen molar-refractivity contribution in [2.24, 2.45) is 0 Å². The van der Waals surface area contributed by atoms with Gasteiger partial charge in [0.05, 0.1) is 6.04 Å². The van der Waals surface area contributed by atoms with Gasteiger partial charge >= 0.3 is 0 Å². The standard InChI is InChI=1S/C22H25N3O3/c1-13-6-8-23-22-15(13)7-9-25(22)17-10-19(21(27)20(17)26)28-18-5-3-4-14-11-24(2)12-16(14)18/h3-9,17,19-21,26-27H,10-12H2,1-2H3/t17-,19+,20+,21-/m1/s1. The van der Waals surface area contributed by atoms with Crippen molar-refractivity contribution >= 4 is 11.0 Å². The van der Waals surface area contributed by atoms with Crippen LogP contribution < -0.4 is 4.74 Å². The highest BCUT2D eigenvalue weighted by atomic mass is 16.5. The maximum absolute atomic E-state index is 10.8. The molecule has 146 valence electrons. The van der Waals surface area contributed by atoms with Gasteiger partial charge in [0.15, 0.2) is 0 Å². The molecule has 2 aromatic heterocycles. The lowest BCUT2D eigenvalue weighted by atomic mass is 10.1. The minimum Gasteiger partial charge on any atom is -0.487 e. The molecule has 0 radical (unpaired) electrons. The van der Waals surface area contributed by atoms with Gasteiger partial charge < -0.3 is 19.5 Å². The van der Waals surface area contributed by atoms with Crippen LogP contribution in [0.5, 0.6) is 5.75 Å². The Labute approximate surface area is 164 Å². The molecule has 2 aliphatic rings. The Balaban J connectivity index is 1.43. The number of pyridine rings is 1. The van der Waals surface area contributed by atoms with Crippen LogP contribution in [0.3, 0.4) is 0 Å². The van der Waals surface area contributed by atoms with Gasteiger partial charge in [-0.3, -0.25) is 4.90 Å². The van der Waals surface area contributed by atoms with E-state index in [4.69, 9.17) is 4.74 Å². The number of aryl methyl sites for hydroxylation is 1. The van der Waals surface area contributed by atoms with E-state index in [0.717, 1.165) is 35.4 Å². The summed E-state index contributed by atoms with van der Waals surface area (Å²) in [4.78, 5) is 6.73. The topological polar surface area (TPSA) is 70.8 Å². The first-order chi connectivity index (χ1) is 13.5. The zero-order chi connectivity index (χ0) is 19.4. The average molecular weight is 379 g/mol. The van der Waals surface area contributed by atoms with E-state index >= 15 is 0 Å². The number of aromatic nitrogens is 2. The number of rotatable bonds is 3. The molecule has 0 spiro atoms. The number of ether oxygens (including phenoxy) is 1. The number of benzene rings is 1. The smallest absolute Gasteiger partial charge is 0.140 e. The lowest BCUT2D eigenvalue weighted by Crippen LogP contribution is -2.34. The minimum absolute atomic E-state index is 0.272. The fraction of sp³-hybridized carbons (Fsp3) is 0.409. The number of hydrogen-bond acceptors (Lipinski definition) is 5. The van der Waals surface area contributed by atoms with Crippen LogP contribution in [0, 0.1) is 6.92 Å². The van der Waals surface area contributed by atoms with Crippen molar-refractivity contribution in [2.45, 2.75) is 50.8 Å². The average Bonchev–Trinajstić information content (AvgIpc) is 3.34.